The number of alkyl halides is 3. The number of aryl methyl sites for hydroxylation is 2. The van der Waals surface area contributed by atoms with E-state index in [-0.39, 0.29) is 29.2 Å². The van der Waals surface area contributed by atoms with Gasteiger partial charge in [-0.05, 0) is 31.5 Å². The molecule has 2 heterocycles. The highest BCUT2D eigenvalue weighted by molar-refractivity contribution is 5.84. The van der Waals surface area contributed by atoms with E-state index in [9.17, 15) is 18.0 Å². The predicted octanol–water partition coefficient (Wildman–Crippen LogP) is 3.39. The van der Waals surface area contributed by atoms with Crippen LogP contribution >= 0.6 is 0 Å². The normalized spacial score (nSPS) is 12.6. The summed E-state index contributed by atoms with van der Waals surface area (Å²) in [5, 5.41) is 6.60. The molecule has 7 nitrogen and oxygen atoms in total. The van der Waals surface area contributed by atoms with E-state index in [2.05, 4.69) is 15.4 Å². The lowest BCUT2D eigenvalue weighted by atomic mass is 10.1. The van der Waals surface area contributed by atoms with Crippen molar-refractivity contribution >= 4 is 16.9 Å². The molecular formula is C20H21F3N4O3. The third kappa shape index (κ3) is 4.47. The molecular weight excluding hydrogens is 401 g/mol. The molecule has 0 aliphatic carbocycles. The summed E-state index contributed by atoms with van der Waals surface area (Å²) in [6, 6.07) is 7.90. The summed E-state index contributed by atoms with van der Waals surface area (Å²) in [6.45, 7) is 3.16. The maximum atomic E-state index is 13.5. The van der Waals surface area contributed by atoms with E-state index in [4.69, 9.17) is 9.47 Å². The summed E-state index contributed by atoms with van der Waals surface area (Å²) in [5.74, 6) is -0.0958. The Morgan fingerprint density at radius 1 is 1.27 bits per heavy atom. The molecule has 0 aliphatic heterocycles. The van der Waals surface area contributed by atoms with Gasteiger partial charge in [-0.25, -0.2) is 0 Å². The Kier molecular flexibility index (Phi) is 5.86. The topological polar surface area (TPSA) is 78.3 Å². The second kappa shape index (κ2) is 8.21. The van der Waals surface area contributed by atoms with Crippen molar-refractivity contribution in [2.24, 2.45) is 7.05 Å². The van der Waals surface area contributed by atoms with Gasteiger partial charge in [-0.15, -0.1) is 0 Å². The van der Waals surface area contributed by atoms with Crippen LogP contribution in [0.2, 0.25) is 0 Å². The number of methoxy groups -OCH3 is 1. The minimum atomic E-state index is -4.62. The predicted molar refractivity (Wildman–Crippen MR) is 103 cm³/mol. The van der Waals surface area contributed by atoms with Crippen molar-refractivity contribution in [3.8, 4) is 11.6 Å². The lowest BCUT2D eigenvalue weighted by molar-refractivity contribution is -0.136. The maximum absolute atomic E-state index is 13.5. The highest BCUT2D eigenvalue weighted by Gasteiger charge is 2.36. The van der Waals surface area contributed by atoms with E-state index in [1.165, 1.54) is 25.6 Å². The lowest BCUT2D eigenvalue weighted by Crippen LogP contribution is -2.36. The number of fused-ring (bicyclic) bond motifs is 1. The van der Waals surface area contributed by atoms with Gasteiger partial charge >= 0.3 is 6.18 Å². The fraction of sp³-hybridized carbons (Fsp3) is 0.350. The molecule has 2 aromatic heterocycles. The fourth-order valence-electron chi connectivity index (χ4n) is 3.02. The van der Waals surface area contributed by atoms with Crippen molar-refractivity contribution in [1.29, 1.82) is 0 Å². The summed E-state index contributed by atoms with van der Waals surface area (Å²) < 4.78 is 52.4. The smallest absolute Gasteiger partial charge is 0.417 e. The molecule has 3 aromatic rings. The number of hydrogen-bond acceptors (Lipinski definition) is 5. The van der Waals surface area contributed by atoms with Gasteiger partial charge < -0.3 is 14.8 Å². The molecule has 0 spiro atoms. The fourth-order valence-corrected chi connectivity index (χ4v) is 3.02. The zero-order chi connectivity index (χ0) is 22.1. The van der Waals surface area contributed by atoms with Gasteiger partial charge in [0.25, 0.3) is 5.91 Å². The third-order valence-corrected chi connectivity index (χ3v) is 4.54. The molecule has 1 atom stereocenters. The van der Waals surface area contributed by atoms with E-state index in [0.29, 0.717) is 5.75 Å². The Morgan fingerprint density at radius 2 is 1.93 bits per heavy atom. The van der Waals surface area contributed by atoms with Gasteiger partial charge in [-0.2, -0.15) is 23.3 Å². The van der Waals surface area contributed by atoms with Crippen molar-refractivity contribution in [2.45, 2.75) is 32.7 Å². The number of rotatable bonds is 6. The van der Waals surface area contributed by atoms with Gasteiger partial charge in [0.1, 0.15) is 5.75 Å². The van der Waals surface area contributed by atoms with E-state index in [0.717, 1.165) is 11.6 Å². The van der Waals surface area contributed by atoms with Gasteiger partial charge in [0.15, 0.2) is 11.8 Å². The van der Waals surface area contributed by atoms with Gasteiger partial charge in [-0.1, -0.05) is 12.1 Å². The maximum Gasteiger partial charge on any atom is 0.417 e. The van der Waals surface area contributed by atoms with Crippen LogP contribution in [0.15, 0.2) is 30.3 Å². The van der Waals surface area contributed by atoms with E-state index >= 15 is 0 Å². The van der Waals surface area contributed by atoms with Crippen LogP contribution in [0.25, 0.3) is 11.0 Å². The molecule has 1 amide bonds. The molecule has 160 valence electrons. The van der Waals surface area contributed by atoms with Crippen LogP contribution in [-0.4, -0.2) is 33.9 Å². The molecule has 0 saturated carbocycles. The Hall–Kier alpha value is -3.30. The first-order valence-electron chi connectivity index (χ1n) is 9.09. The molecule has 0 saturated heterocycles. The Balaban J connectivity index is 1.76. The molecule has 0 radical (unpaired) electrons. The number of benzene rings is 1. The largest absolute Gasteiger partial charge is 0.497 e. The van der Waals surface area contributed by atoms with Crippen LogP contribution < -0.4 is 14.8 Å². The Bertz CT molecular complexity index is 1060. The standard InChI is InChI=1S/C20H21F3N4O3/c1-11-17-15(20(21,22)23)9-16(25-18(17)27(3)26-11)30-12(2)19(28)24-10-13-5-7-14(29-4)8-6-13/h5-9,12H,10H2,1-4H3,(H,24,28)/t12-/m1/s1. The van der Waals surface area contributed by atoms with Gasteiger partial charge in [0.05, 0.1) is 23.8 Å². The zero-order valence-corrected chi connectivity index (χ0v) is 16.9. The van der Waals surface area contributed by atoms with Gasteiger partial charge in [0.2, 0.25) is 5.88 Å². The second-order valence-electron chi connectivity index (χ2n) is 6.74. The number of nitrogens with one attached hydrogen (secondary N) is 1. The van der Waals surface area contributed by atoms with Crippen LogP contribution in [-0.2, 0) is 24.6 Å². The first-order chi connectivity index (χ1) is 14.1. The highest BCUT2D eigenvalue weighted by Crippen LogP contribution is 2.37. The lowest BCUT2D eigenvalue weighted by Gasteiger charge is -2.16. The average molecular weight is 422 g/mol. The minimum absolute atomic E-state index is 0.0307. The highest BCUT2D eigenvalue weighted by atomic mass is 19.4. The first kappa shape index (κ1) is 21.4. The van der Waals surface area contributed by atoms with Crippen LogP contribution in [0.5, 0.6) is 11.6 Å². The number of amides is 1. The number of ether oxygens (including phenoxy) is 2. The molecule has 0 fully saturated rings. The summed E-state index contributed by atoms with van der Waals surface area (Å²) in [5.41, 5.74) is 0.173. The zero-order valence-electron chi connectivity index (χ0n) is 16.9. The number of nitrogens with zero attached hydrogens (tertiary/aromatic N) is 3. The number of carbonyl (C=O) groups is 1. The van der Waals surface area contributed by atoms with Crippen LogP contribution in [0.3, 0.4) is 0 Å². The van der Waals surface area contributed by atoms with Gasteiger partial charge in [0, 0.05) is 19.7 Å². The summed E-state index contributed by atoms with van der Waals surface area (Å²) in [7, 11) is 3.05. The van der Waals surface area contributed by atoms with Crippen molar-refractivity contribution in [1.82, 2.24) is 20.1 Å². The molecule has 0 aliphatic rings. The monoisotopic (exact) mass is 422 g/mol. The molecule has 30 heavy (non-hydrogen) atoms. The summed E-state index contributed by atoms with van der Waals surface area (Å²) >= 11 is 0. The summed E-state index contributed by atoms with van der Waals surface area (Å²) in [4.78, 5) is 16.4. The molecule has 10 heteroatoms. The first-order valence-corrected chi connectivity index (χ1v) is 9.09. The SMILES string of the molecule is COc1ccc(CNC(=O)[C@@H](C)Oc2cc(C(F)(F)F)c3c(C)nn(C)c3n2)cc1. The van der Waals surface area contributed by atoms with Crippen molar-refractivity contribution in [3.63, 3.8) is 0 Å². The molecule has 1 aromatic carbocycles. The van der Waals surface area contributed by atoms with Crippen molar-refractivity contribution < 1.29 is 27.4 Å². The molecule has 0 bridgehead atoms. The van der Waals surface area contributed by atoms with E-state index < -0.39 is 23.8 Å². The number of pyridine rings is 1. The third-order valence-electron chi connectivity index (χ3n) is 4.54. The minimum Gasteiger partial charge on any atom is -0.497 e. The van der Waals surface area contributed by atoms with Crippen LogP contribution in [0.1, 0.15) is 23.7 Å². The number of aromatic nitrogens is 3. The number of halogens is 3. The van der Waals surface area contributed by atoms with Crippen molar-refractivity contribution in [3.05, 3.63) is 47.2 Å². The second-order valence-corrected chi connectivity index (χ2v) is 6.74. The number of carbonyl (C=O) groups excluding carboxylic acids is 1. The number of hydrogen-bond donors (Lipinski definition) is 1. The Labute approximate surface area is 170 Å². The summed E-state index contributed by atoms with van der Waals surface area (Å²) in [6.07, 6.45) is -5.67. The molecule has 0 unspecified atom stereocenters. The van der Waals surface area contributed by atoms with Crippen molar-refractivity contribution in [2.75, 3.05) is 7.11 Å². The Morgan fingerprint density at radius 3 is 2.53 bits per heavy atom. The van der Waals surface area contributed by atoms with E-state index in [1.807, 2.05) is 0 Å². The molecule has 1 N–H and O–H groups in total. The molecule has 3 rings (SSSR count). The van der Waals surface area contributed by atoms with Crippen LogP contribution in [0, 0.1) is 6.92 Å². The van der Waals surface area contributed by atoms with Gasteiger partial charge in [-0.3, -0.25) is 9.48 Å². The quantitative estimate of drug-likeness (QED) is 0.659. The van der Waals surface area contributed by atoms with E-state index in [1.54, 1.807) is 31.4 Å². The average Bonchev–Trinajstić information content (AvgIpc) is 2.98. The van der Waals surface area contributed by atoms with Crippen LogP contribution in [0.4, 0.5) is 13.2 Å².